The van der Waals surface area contributed by atoms with Crippen molar-refractivity contribution in [2.24, 2.45) is 0 Å². The van der Waals surface area contributed by atoms with Gasteiger partial charge in [-0.15, -0.1) is 0 Å². The fourth-order valence-corrected chi connectivity index (χ4v) is 9.06. The third kappa shape index (κ3) is 10.7. The molecule has 0 unspecified atom stereocenters. The van der Waals surface area contributed by atoms with E-state index in [4.69, 9.17) is 14.2 Å². The summed E-state index contributed by atoms with van der Waals surface area (Å²) in [5.74, 6) is -0.420. The first-order valence-corrected chi connectivity index (χ1v) is 21.5. The van der Waals surface area contributed by atoms with E-state index in [-0.39, 0.29) is 36.7 Å². The predicted molar refractivity (Wildman–Crippen MR) is 224 cm³/mol. The molecule has 2 fully saturated rings. The standard InChI is InChI=1S/C47H53N3O7S/c1-33-16-22-43(23-17-33)58(53,54)49-44(26-34-9-4-3-5-10-34)46(52)48-29-36-11-6-12-38(25-36)39-13-7-14-40(27-39)47-56-42(30-50-24-8-15-41(50)32-55-2)28-45(57-47)37-20-18-35(31-51)19-21-37/h3-7,9-14,16-23,25,27,41-42,44-45,47,49,51H,8,15,24,26,28-32H2,1-2H3,(H,48,52)/t41-,42+,44+,45-,47-/m0/s1. The van der Waals surface area contributed by atoms with Gasteiger partial charge >= 0.3 is 0 Å². The van der Waals surface area contributed by atoms with Gasteiger partial charge in [0, 0.05) is 38.2 Å². The van der Waals surface area contributed by atoms with Crippen LogP contribution in [0.5, 0.6) is 0 Å². The maximum absolute atomic E-state index is 13.7. The summed E-state index contributed by atoms with van der Waals surface area (Å²) in [5, 5.41) is 12.6. The van der Waals surface area contributed by atoms with Crippen molar-refractivity contribution in [2.45, 2.75) is 81.2 Å². The Morgan fingerprint density at radius 1 is 0.845 bits per heavy atom. The molecular weight excluding hydrogens is 751 g/mol. The number of aryl methyl sites for hydroxylation is 1. The normalized spacial score (nSPS) is 20.5. The topological polar surface area (TPSA) is 126 Å². The Bertz CT molecular complexity index is 2220. The summed E-state index contributed by atoms with van der Waals surface area (Å²) in [5.41, 5.74) is 7.37. The Morgan fingerprint density at radius 2 is 1.57 bits per heavy atom. The first-order valence-electron chi connectivity index (χ1n) is 20.0. The number of sulfonamides is 1. The number of aliphatic hydroxyl groups is 1. The number of rotatable bonds is 16. The van der Waals surface area contributed by atoms with E-state index in [2.05, 4.69) is 21.0 Å². The lowest BCUT2D eigenvalue weighted by molar-refractivity contribution is -0.253. The molecule has 2 aliphatic rings. The Labute approximate surface area is 342 Å². The van der Waals surface area contributed by atoms with E-state index >= 15 is 0 Å². The fraction of sp³-hybridized carbons (Fsp3) is 0.340. The van der Waals surface area contributed by atoms with Gasteiger partial charge in [-0.1, -0.05) is 109 Å². The number of ether oxygens (including phenoxy) is 3. The SMILES string of the molecule is COC[C@@H]1CCCN1C[C@H]1C[C@@H](c2ccc(CO)cc2)O[C@@H](c2cccc(-c3cccc(CNC(=O)[C@@H](Cc4ccccc4)NS(=O)(=O)c4ccc(C)cc4)c3)c2)O1. The second-order valence-electron chi connectivity index (χ2n) is 15.3. The molecule has 11 heteroatoms. The summed E-state index contributed by atoms with van der Waals surface area (Å²) < 4.78 is 48.4. The van der Waals surface area contributed by atoms with Crippen LogP contribution in [0.3, 0.4) is 0 Å². The van der Waals surface area contributed by atoms with Crippen molar-refractivity contribution in [1.82, 2.24) is 14.9 Å². The van der Waals surface area contributed by atoms with Gasteiger partial charge in [-0.3, -0.25) is 9.69 Å². The zero-order valence-corrected chi connectivity index (χ0v) is 33.9. The maximum atomic E-state index is 13.7. The van der Waals surface area contributed by atoms with Gasteiger partial charge in [0.1, 0.15) is 6.04 Å². The summed E-state index contributed by atoms with van der Waals surface area (Å²) >= 11 is 0. The molecule has 0 bridgehead atoms. The lowest BCUT2D eigenvalue weighted by Gasteiger charge is -2.39. The van der Waals surface area contributed by atoms with E-state index in [1.165, 1.54) is 0 Å². The van der Waals surface area contributed by atoms with E-state index in [9.17, 15) is 18.3 Å². The highest BCUT2D eigenvalue weighted by atomic mass is 32.2. The summed E-state index contributed by atoms with van der Waals surface area (Å²) in [7, 11) is -2.21. The van der Waals surface area contributed by atoms with E-state index in [1.807, 2.05) is 104 Å². The van der Waals surface area contributed by atoms with Crippen molar-refractivity contribution < 1.29 is 32.5 Å². The van der Waals surface area contributed by atoms with Crippen molar-refractivity contribution in [3.63, 3.8) is 0 Å². The quantitative estimate of drug-likeness (QED) is 0.0973. The highest BCUT2D eigenvalue weighted by Crippen LogP contribution is 2.39. The van der Waals surface area contributed by atoms with Crippen LogP contribution in [0.25, 0.3) is 11.1 Å². The zero-order valence-electron chi connectivity index (χ0n) is 33.1. The van der Waals surface area contributed by atoms with Crippen LogP contribution in [0, 0.1) is 6.92 Å². The molecule has 10 nitrogen and oxygen atoms in total. The number of carbonyl (C=O) groups is 1. The van der Waals surface area contributed by atoms with Gasteiger partial charge in [0.15, 0.2) is 6.29 Å². The average Bonchev–Trinajstić information content (AvgIpc) is 3.69. The maximum Gasteiger partial charge on any atom is 0.241 e. The number of nitrogens with one attached hydrogen (secondary N) is 2. The molecule has 0 aliphatic carbocycles. The van der Waals surface area contributed by atoms with Crippen molar-refractivity contribution >= 4 is 15.9 Å². The molecular formula is C47H53N3O7S. The first kappa shape index (κ1) is 41.4. The Hall–Kier alpha value is -4.72. The second kappa shape index (κ2) is 19.4. The molecule has 0 radical (unpaired) electrons. The van der Waals surface area contributed by atoms with Crippen molar-refractivity contribution in [2.75, 3.05) is 26.8 Å². The molecule has 2 heterocycles. The molecule has 1 amide bonds. The molecule has 3 N–H and O–H groups in total. The third-order valence-corrected chi connectivity index (χ3v) is 12.5. The van der Waals surface area contributed by atoms with Crippen LogP contribution in [-0.2, 0) is 48.6 Å². The molecule has 58 heavy (non-hydrogen) atoms. The minimum Gasteiger partial charge on any atom is -0.392 e. The lowest BCUT2D eigenvalue weighted by atomic mass is 9.98. The third-order valence-electron chi connectivity index (χ3n) is 11.0. The molecule has 0 saturated carbocycles. The minimum absolute atomic E-state index is 0.0127. The lowest BCUT2D eigenvalue weighted by Crippen LogP contribution is -2.47. The van der Waals surface area contributed by atoms with E-state index in [0.717, 1.165) is 70.4 Å². The largest absolute Gasteiger partial charge is 0.392 e. The molecule has 7 rings (SSSR count). The summed E-state index contributed by atoms with van der Waals surface area (Å²) in [6.45, 7) is 4.58. The van der Waals surface area contributed by atoms with E-state index in [0.29, 0.717) is 19.1 Å². The summed E-state index contributed by atoms with van der Waals surface area (Å²) in [6, 6.07) is 39.3. The number of likely N-dealkylation sites (tertiary alicyclic amines) is 1. The number of amides is 1. The monoisotopic (exact) mass is 803 g/mol. The van der Waals surface area contributed by atoms with Gasteiger partial charge in [0.2, 0.25) is 15.9 Å². The van der Waals surface area contributed by atoms with E-state index < -0.39 is 28.3 Å². The molecule has 2 saturated heterocycles. The van der Waals surface area contributed by atoms with Gasteiger partial charge in [-0.05, 0) is 90.4 Å². The number of benzene rings is 5. The van der Waals surface area contributed by atoms with Crippen molar-refractivity contribution in [3.8, 4) is 11.1 Å². The van der Waals surface area contributed by atoms with Crippen LogP contribution < -0.4 is 10.0 Å². The Morgan fingerprint density at radius 3 is 2.31 bits per heavy atom. The van der Waals surface area contributed by atoms with Crippen molar-refractivity contribution in [3.05, 3.63) is 161 Å². The zero-order chi connectivity index (χ0) is 40.5. The van der Waals surface area contributed by atoms with Crippen molar-refractivity contribution in [1.29, 1.82) is 0 Å². The van der Waals surface area contributed by atoms with Gasteiger partial charge in [0.05, 0.1) is 30.3 Å². The van der Waals surface area contributed by atoms with Gasteiger partial charge < -0.3 is 24.6 Å². The number of aliphatic hydroxyl groups excluding tert-OH is 1. The Balaban J connectivity index is 1.07. The van der Waals surface area contributed by atoms with Crippen LogP contribution in [-0.4, -0.2) is 69.3 Å². The number of hydrogen-bond donors (Lipinski definition) is 3. The highest BCUT2D eigenvalue weighted by Gasteiger charge is 2.36. The Kier molecular flexibility index (Phi) is 13.8. The number of methoxy groups -OCH3 is 1. The number of hydrogen-bond acceptors (Lipinski definition) is 8. The second-order valence-corrected chi connectivity index (χ2v) is 17.0. The summed E-state index contributed by atoms with van der Waals surface area (Å²) in [6.07, 6.45) is 2.29. The molecule has 2 aliphatic heterocycles. The number of nitrogens with zero attached hydrogens (tertiary/aromatic N) is 1. The molecule has 0 spiro atoms. The molecule has 304 valence electrons. The van der Waals surface area contributed by atoms with E-state index in [1.54, 1.807) is 31.4 Å². The molecule has 5 aromatic carbocycles. The highest BCUT2D eigenvalue weighted by molar-refractivity contribution is 7.89. The molecule has 5 atom stereocenters. The van der Waals surface area contributed by atoms with Crippen LogP contribution >= 0.6 is 0 Å². The fourth-order valence-electron chi connectivity index (χ4n) is 7.86. The van der Waals surface area contributed by atoms with Gasteiger partial charge in [-0.2, -0.15) is 4.72 Å². The van der Waals surface area contributed by atoms with Crippen LogP contribution in [0.2, 0.25) is 0 Å². The van der Waals surface area contributed by atoms with Gasteiger partial charge in [0.25, 0.3) is 0 Å². The first-order chi connectivity index (χ1) is 28.2. The van der Waals surface area contributed by atoms with Crippen LogP contribution in [0.15, 0.2) is 132 Å². The molecule has 5 aromatic rings. The van der Waals surface area contributed by atoms with Crippen LogP contribution in [0.1, 0.15) is 65.0 Å². The molecule has 0 aromatic heterocycles. The van der Waals surface area contributed by atoms with Crippen LogP contribution in [0.4, 0.5) is 0 Å². The number of carbonyl (C=O) groups excluding carboxylic acids is 1. The van der Waals surface area contributed by atoms with Gasteiger partial charge in [-0.25, -0.2) is 8.42 Å². The smallest absolute Gasteiger partial charge is 0.241 e. The summed E-state index contributed by atoms with van der Waals surface area (Å²) in [4.78, 5) is 16.3. The predicted octanol–water partition coefficient (Wildman–Crippen LogP) is 7.02. The minimum atomic E-state index is -3.97. The average molecular weight is 804 g/mol.